The van der Waals surface area contributed by atoms with E-state index in [9.17, 15) is 9.59 Å². The van der Waals surface area contributed by atoms with Crippen molar-refractivity contribution in [2.75, 3.05) is 35.7 Å². The van der Waals surface area contributed by atoms with Crippen LogP contribution in [0.1, 0.15) is 30.4 Å². The van der Waals surface area contributed by atoms with E-state index in [2.05, 4.69) is 56.0 Å². The van der Waals surface area contributed by atoms with Crippen molar-refractivity contribution >= 4 is 35.0 Å². The molecule has 2 atom stereocenters. The van der Waals surface area contributed by atoms with Crippen molar-refractivity contribution in [3.05, 3.63) is 24.0 Å². The Kier molecular flexibility index (Phi) is 5.21. The number of likely N-dealkylation sites (N-methyl/N-ethyl adjacent to an activating group) is 1. The van der Waals surface area contributed by atoms with Gasteiger partial charge >= 0.3 is 0 Å². The van der Waals surface area contributed by atoms with Crippen LogP contribution in [0.25, 0.3) is 0 Å². The number of nitrogens with zero attached hydrogens (tertiary/aromatic N) is 5. The van der Waals surface area contributed by atoms with Gasteiger partial charge in [-0.25, -0.2) is 0 Å². The first kappa shape index (κ1) is 18.7. The summed E-state index contributed by atoms with van der Waals surface area (Å²) in [4.78, 5) is 30.2. The maximum absolute atomic E-state index is 13.0. The summed E-state index contributed by atoms with van der Waals surface area (Å²) in [5, 5.41) is 15.7. The van der Waals surface area contributed by atoms with E-state index in [0.717, 1.165) is 29.4 Å². The highest BCUT2D eigenvalue weighted by Gasteiger charge is 2.31. The van der Waals surface area contributed by atoms with Gasteiger partial charge in [0.1, 0.15) is 6.04 Å². The molecular formula is C18H23N7O2S. The average Bonchev–Trinajstić information content (AvgIpc) is 3.21. The molecule has 9 nitrogen and oxygen atoms in total. The Morgan fingerprint density at radius 1 is 1.39 bits per heavy atom. The fourth-order valence-corrected chi connectivity index (χ4v) is 4.77. The zero-order chi connectivity index (χ0) is 19.7. The maximum Gasteiger partial charge on any atom is 0.293 e. The van der Waals surface area contributed by atoms with Gasteiger partial charge in [0.25, 0.3) is 11.7 Å². The molecule has 28 heavy (non-hydrogen) atoms. The molecule has 1 fully saturated rings. The Morgan fingerprint density at radius 2 is 2.25 bits per heavy atom. The van der Waals surface area contributed by atoms with Gasteiger partial charge in [-0.05, 0) is 42.2 Å². The van der Waals surface area contributed by atoms with E-state index in [1.807, 2.05) is 0 Å². The van der Waals surface area contributed by atoms with Crippen LogP contribution in [-0.4, -0.2) is 64.4 Å². The van der Waals surface area contributed by atoms with E-state index < -0.39 is 11.9 Å². The number of aromatic nitrogens is 4. The van der Waals surface area contributed by atoms with Gasteiger partial charge in [0.2, 0.25) is 5.91 Å². The molecule has 4 rings (SSSR count). The minimum Gasteiger partial charge on any atom is -0.371 e. The Morgan fingerprint density at radius 3 is 3.00 bits per heavy atom. The van der Waals surface area contributed by atoms with Crippen LogP contribution in [0.15, 0.2) is 23.1 Å². The smallest absolute Gasteiger partial charge is 0.293 e. The second kappa shape index (κ2) is 7.78. The molecule has 0 bridgehead atoms. The van der Waals surface area contributed by atoms with Crippen LogP contribution in [0.4, 0.5) is 11.4 Å². The number of amides is 2. The number of H-pyrrole nitrogens is 1. The van der Waals surface area contributed by atoms with Gasteiger partial charge in [0.05, 0.1) is 5.69 Å². The third kappa shape index (κ3) is 3.68. The zero-order valence-electron chi connectivity index (χ0n) is 15.9. The minimum absolute atomic E-state index is 0.0799. The van der Waals surface area contributed by atoms with Gasteiger partial charge in [-0.2, -0.15) is 5.21 Å². The molecule has 1 unspecified atom stereocenters. The number of benzene rings is 1. The summed E-state index contributed by atoms with van der Waals surface area (Å²) in [6.45, 7) is 4.35. The largest absolute Gasteiger partial charge is 0.371 e. The Balaban J connectivity index is 1.53. The van der Waals surface area contributed by atoms with Crippen LogP contribution >= 0.6 is 11.8 Å². The molecule has 1 aromatic heterocycles. The highest BCUT2D eigenvalue weighted by Crippen LogP contribution is 2.37. The quantitative estimate of drug-likeness (QED) is 0.798. The Bertz CT molecular complexity index is 873. The van der Waals surface area contributed by atoms with Crippen molar-refractivity contribution in [1.29, 1.82) is 0 Å². The van der Waals surface area contributed by atoms with Gasteiger partial charge in [-0.1, -0.05) is 6.92 Å². The summed E-state index contributed by atoms with van der Waals surface area (Å²) in [5.41, 5.74) is 2.02. The minimum atomic E-state index is -0.660. The zero-order valence-corrected chi connectivity index (χ0v) is 16.7. The molecule has 2 amide bonds. The second-order valence-corrected chi connectivity index (χ2v) is 8.38. The first-order valence-corrected chi connectivity index (χ1v) is 10.3. The van der Waals surface area contributed by atoms with E-state index in [1.165, 1.54) is 12.8 Å². The number of tetrazole rings is 1. The summed E-state index contributed by atoms with van der Waals surface area (Å²) in [6.07, 6.45) is 2.45. The number of rotatable bonds is 3. The molecule has 0 aliphatic carbocycles. The monoisotopic (exact) mass is 401 g/mol. The number of hydrogen-bond donors (Lipinski definition) is 2. The molecular weight excluding hydrogens is 378 g/mol. The lowest BCUT2D eigenvalue weighted by Gasteiger charge is -2.33. The predicted octanol–water partition coefficient (Wildman–Crippen LogP) is 1.30. The van der Waals surface area contributed by atoms with E-state index in [0.29, 0.717) is 11.7 Å². The number of nitrogens with one attached hydrogen (secondary N) is 2. The lowest BCUT2D eigenvalue weighted by molar-refractivity contribution is -0.119. The number of carbonyl (C=O) groups excluding carboxylic acids is 2. The van der Waals surface area contributed by atoms with Crippen LogP contribution < -0.4 is 15.1 Å². The van der Waals surface area contributed by atoms with Crippen molar-refractivity contribution in [3.63, 3.8) is 0 Å². The summed E-state index contributed by atoms with van der Waals surface area (Å²) in [6, 6.07) is 5.62. The lowest BCUT2D eigenvalue weighted by atomic mass is 9.99. The molecule has 0 radical (unpaired) electrons. The van der Waals surface area contributed by atoms with Gasteiger partial charge in [0.15, 0.2) is 0 Å². The fourth-order valence-electron chi connectivity index (χ4n) is 3.69. The second-order valence-electron chi connectivity index (χ2n) is 7.32. The molecule has 148 valence electrons. The average molecular weight is 401 g/mol. The number of aromatic amines is 1. The molecule has 2 aliphatic rings. The van der Waals surface area contributed by atoms with Gasteiger partial charge in [-0.15, -0.1) is 22.0 Å². The maximum atomic E-state index is 13.0. The van der Waals surface area contributed by atoms with E-state index in [1.54, 1.807) is 23.7 Å². The number of fused-ring (bicyclic) bond motifs is 1. The van der Waals surface area contributed by atoms with E-state index >= 15 is 0 Å². The Hall–Kier alpha value is -2.62. The van der Waals surface area contributed by atoms with Crippen LogP contribution in [-0.2, 0) is 4.79 Å². The topological polar surface area (TPSA) is 107 Å². The van der Waals surface area contributed by atoms with E-state index in [4.69, 9.17) is 0 Å². The molecule has 0 saturated carbocycles. The number of thioether (sulfide) groups is 1. The Labute approximate surface area is 167 Å². The number of carbonyl (C=O) groups is 2. The SMILES string of the molecule is CC1CCCN(c2ccc3c(c2)N(C)C(=O)[C@@H](NC(=O)c2nn[nH]n2)CS3)C1. The van der Waals surface area contributed by atoms with Gasteiger partial charge in [0, 0.05) is 36.5 Å². The molecule has 3 heterocycles. The highest BCUT2D eigenvalue weighted by atomic mass is 32.2. The highest BCUT2D eigenvalue weighted by molar-refractivity contribution is 7.99. The fraction of sp³-hybridized carbons (Fsp3) is 0.500. The van der Waals surface area contributed by atoms with Crippen LogP contribution in [0.3, 0.4) is 0 Å². The van der Waals surface area contributed by atoms with Crippen LogP contribution in [0.5, 0.6) is 0 Å². The summed E-state index contributed by atoms with van der Waals surface area (Å²) < 4.78 is 0. The lowest BCUT2D eigenvalue weighted by Crippen LogP contribution is -2.48. The third-order valence-corrected chi connectivity index (χ3v) is 6.37. The van der Waals surface area contributed by atoms with Crippen molar-refractivity contribution < 1.29 is 9.59 Å². The molecule has 0 spiro atoms. The van der Waals surface area contributed by atoms with Gasteiger partial charge in [-0.3, -0.25) is 9.59 Å². The number of anilines is 2. The summed E-state index contributed by atoms with van der Waals surface area (Å²) in [5.74, 6) is 0.358. The number of hydrogen-bond acceptors (Lipinski definition) is 7. The molecule has 10 heteroatoms. The first-order chi connectivity index (χ1) is 13.5. The number of piperidine rings is 1. The normalized spacial score (nSPS) is 22.6. The predicted molar refractivity (Wildman–Crippen MR) is 107 cm³/mol. The van der Waals surface area contributed by atoms with Gasteiger partial charge < -0.3 is 15.1 Å². The van der Waals surface area contributed by atoms with Crippen LogP contribution in [0, 0.1) is 5.92 Å². The van der Waals surface area contributed by atoms with Crippen molar-refractivity contribution in [3.8, 4) is 0 Å². The molecule has 1 aromatic carbocycles. The summed E-state index contributed by atoms with van der Waals surface area (Å²) in [7, 11) is 1.75. The molecule has 2 aromatic rings. The van der Waals surface area contributed by atoms with Crippen molar-refractivity contribution in [2.24, 2.45) is 5.92 Å². The molecule has 2 N–H and O–H groups in total. The van der Waals surface area contributed by atoms with E-state index in [-0.39, 0.29) is 11.7 Å². The molecule has 1 saturated heterocycles. The van der Waals surface area contributed by atoms with Crippen molar-refractivity contribution in [1.82, 2.24) is 25.9 Å². The third-order valence-electron chi connectivity index (χ3n) is 5.21. The summed E-state index contributed by atoms with van der Waals surface area (Å²) >= 11 is 1.56. The standard InChI is InChI=1S/C18H23N7O2S/c1-11-4-3-7-25(9-11)12-5-6-15-14(8-12)24(2)18(27)13(10-28-15)19-17(26)16-20-22-23-21-16/h5-6,8,11,13H,3-4,7,9-10H2,1-2H3,(H,19,26)(H,20,21,22,23)/t11?,13-/m0/s1. The van der Waals surface area contributed by atoms with Crippen LogP contribution in [0.2, 0.25) is 0 Å². The first-order valence-electron chi connectivity index (χ1n) is 9.36. The molecule has 2 aliphatic heterocycles. The van der Waals surface area contributed by atoms with Crippen molar-refractivity contribution in [2.45, 2.75) is 30.7 Å².